The Morgan fingerprint density at radius 1 is 1.50 bits per heavy atom. The Morgan fingerprint density at radius 3 is 2.95 bits per heavy atom. The fourth-order valence-electron chi connectivity index (χ4n) is 2.66. The van der Waals surface area contributed by atoms with Gasteiger partial charge >= 0.3 is 0 Å². The number of rotatable bonds is 4. The van der Waals surface area contributed by atoms with Crippen LogP contribution in [0.1, 0.15) is 36.0 Å². The zero-order valence-electron chi connectivity index (χ0n) is 11.6. The molecule has 0 radical (unpaired) electrons. The van der Waals surface area contributed by atoms with Gasteiger partial charge in [0.2, 0.25) is 0 Å². The highest BCUT2D eigenvalue weighted by atomic mass is 79.9. The number of likely N-dealkylation sites (tertiary alicyclic amines) is 1. The number of benzene rings is 1. The summed E-state index contributed by atoms with van der Waals surface area (Å²) in [6, 6.07) is 4.65. The molecule has 0 spiro atoms. The van der Waals surface area contributed by atoms with E-state index >= 15 is 0 Å². The molecule has 1 atom stereocenters. The Morgan fingerprint density at radius 2 is 2.30 bits per heavy atom. The molecule has 0 bridgehead atoms. The second-order valence-electron chi connectivity index (χ2n) is 4.98. The molecule has 0 saturated carbocycles. The summed E-state index contributed by atoms with van der Waals surface area (Å²) >= 11 is 3.43. The molecule has 1 aliphatic rings. The molecule has 110 valence electrons. The Bertz CT molecular complexity index is 479. The highest BCUT2D eigenvalue weighted by Gasteiger charge is 2.27. The van der Waals surface area contributed by atoms with Gasteiger partial charge in [0, 0.05) is 23.5 Å². The lowest BCUT2D eigenvalue weighted by atomic mass is 9.99. The molecule has 1 heterocycles. The smallest absolute Gasteiger partial charge is 0.254 e. The van der Waals surface area contributed by atoms with Crippen LogP contribution in [0.3, 0.4) is 0 Å². The largest absolute Gasteiger partial charge is 0.494 e. The third-order valence-corrected chi connectivity index (χ3v) is 4.19. The van der Waals surface area contributed by atoms with Crippen LogP contribution in [0.25, 0.3) is 0 Å². The van der Waals surface area contributed by atoms with Gasteiger partial charge < -0.3 is 9.64 Å². The quantitative estimate of drug-likeness (QED) is 0.781. The van der Waals surface area contributed by atoms with Gasteiger partial charge in [-0.15, -0.1) is 0 Å². The molecule has 1 aromatic carbocycles. The molecule has 0 aromatic heterocycles. The highest BCUT2D eigenvalue weighted by Crippen LogP contribution is 2.24. The van der Waals surface area contributed by atoms with E-state index in [4.69, 9.17) is 4.74 Å². The second kappa shape index (κ2) is 7.07. The van der Waals surface area contributed by atoms with Gasteiger partial charge in [0.25, 0.3) is 5.91 Å². The maximum absolute atomic E-state index is 13.7. The lowest BCUT2D eigenvalue weighted by Crippen LogP contribution is -2.44. The lowest BCUT2D eigenvalue weighted by molar-refractivity contribution is 0.0609. The molecule has 0 aliphatic carbocycles. The predicted octanol–water partition coefficient (Wildman–Crippen LogP) is 3.61. The van der Waals surface area contributed by atoms with Crippen molar-refractivity contribution in [3.8, 4) is 5.75 Å². The lowest BCUT2D eigenvalue weighted by Gasteiger charge is -2.35. The van der Waals surface area contributed by atoms with E-state index in [1.54, 1.807) is 6.07 Å². The molecule has 1 saturated heterocycles. The Kier molecular flexibility index (Phi) is 5.40. The maximum Gasteiger partial charge on any atom is 0.254 e. The summed E-state index contributed by atoms with van der Waals surface area (Å²) in [7, 11) is 1.41. The van der Waals surface area contributed by atoms with Crippen LogP contribution < -0.4 is 4.74 Å². The summed E-state index contributed by atoms with van der Waals surface area (Å²) in [4.78, 5) is 14.4. The predicted molar refractivity (Wildman–Crippen MR) is 80.0 cm³/mol. The first kappa shape index (κ1) is 15.3. The minimum Gasteiger partial charge on any atom is -0.494 e. The molecule has 0 N–H and O–H groups in total. The zero-order valence-corrected chi connectivity index (χ0v) is 13.2. The van der Waals surface area contributed by atoms with Gasteiger partial charge in [-0.2, -0.15) is 0 Å². The van der Waals surface area contributed by atoms with Crippen LogP contribution in [0, 0.1) is 5.82 Å². The molecule has 1 aromatic rings. The van der Waals surface area contributed by atoms with Crippen LogP contribution in [0.4, 0.5) is 4.39 Å². The van der Waals surface area contributed by atoms with Crippen molar-refractivity contribution in [3.05, 3.63) is 29.6 Å². The molecule has 2 rings (SSSR count). The number of piperidine rings is 1. The van der Waals surface area contributed by atoms with E-state index < -0.39 is 5.82 Å². The molecular weight excluding hydrogens is 325 g/mol. The highest BCUT2D eigenvalue weighted by molar-refractivity contribution is 9.09. The fraction of sp³-hybridized carbons (Fsp3) is 0.533. The van der Waals surface area contributed by atoms with Crippen molar-refractivity contribution in [1.29, 1.82) is 0 Å². The van der Waals surface area contributed by atoms with Crippen molar-refractivity contribution in [1.82, 2.24) is 4.90 Å². The number of halogens is 2. The first-order valence-electron chi connectivity index (χ1n) is 6.88. The number of amides is 1. The topological polar surface area (TPSA) is 29.5 Å². The first-order valence-corrected chi connectivity index (χ1v) is 8.00. The van der Waals surface area contributed by atoms with E-state index in [1.165, 1.54) is 19.2 Å². The van der Waals surface area contributed by atoms with E-state index in [-0.39, 0.29) is 17.7 Å². The number of methoxy groups -OCH3 is 1. The van der Waals surface area contributed by atoms with Crippen LogP contribution in [0.2, 0.25) is 0 Å². The van der Waals surface area contributed by atoms with Crippen molar-refractivity contribution in [3.63, 3.8) is 0 Å². The zero-order chi connectivity index (χ0) is 14.5. The van der Waals surface area contributed by atoms with E-state index in [1.807, 2.05) is 4.90 Å². The van der Waals surface area contributed by atoms with E-state index in [2.05, 4.69) is 15.9 Å². The van der Waals surface area contributed by atoms with Crippen LogP contribution >= 0.6 is 15.9 Å². The monoisotopic (exact) mass is 343 g/mol. The summed E-state index contributed by atoms with van der Waals surface area (Å²) in [6.45, 7) is 0.754. The SMILES string of the molecule is COc1ccc(C(=O)N2CCCCC2CCBr)cc1F. The number of carbonyl (C=O) groups excluding carboxylic acids is 1. The van der Waals surface area contributed by atoms with Crippen molar-refractivity contribution >= 4 is 21.8 Å². The number of ether oxygens (including phenoxy) is 1. The van der Waals surface area contributed by atoms with Crippen LogP contribution in [0.5, 0.6) is 5.75 Å². The maximum atomic E-state index is 13.7. The summed E-state index contributed by atoms with van der Waals surface area (Å²) in [5.74, 6) is -0.415. The van der Waals surface area contributed by atoms with Gasteiger partial charge in [-0.1, -0.05) is 15.9 Å². The fourth-order valence-corrected chi connectivity index (χ4v) is 3.19. The molecule has 1 amide bonds. The van der Waals surface area contributed by atoms with E-state index in [0.717, 1.165) is 37.6 Å². The van der Waals surface area contributed by atoms with Crippen molar-refractivity contribution in [2.24, 2.45) is 0 Å². The number of alkyl halides is 1. The van der Waals surface area contributed by atoms with Crippen molar-refractivity contribution < 1.29 is 13.9 Å². The van der Waals surface area contributed by atoms with Crippen molar-refractivity contribution in [2.75, 3.05) is 19.0 Å². The number of nitrogens with zero attached hydrogens (tertiary/aromatic N) is 1. The van der Waals surface area contributed by atoms with Gasteiger partial charge in [-0.3, -0.25) is 4.79 Å². The molecule has 1 aliphatic heterocycles. The first-order chi connectivity index (χ1) is 9.67. The molecular formula is C15H19BrFNO2. The Hall–Kier alpha value is -1.10. The van der Waals surface area contributed by atoms with Gasteiger partial charge in [0.15, 0.2) is 11.6 Å². The average molecular weight is 344 g/mol. The van der Waals surface area contributed by atoms with Crippen LogP contribution in [0.15, 0.2) is 18.2 Å². The number of carbonyl (C=O) groups is 1. The summed E-state index contributed by atoms with van der Waals surface area (Å²) < 4.78 is 18.6. The van der Waals surface area contributed by atoms with Crippen LogP contribution in [-0.2, 0) is 0 Å². The van der Waals surface area contributed by atoms with E-state index in [9.17, 15) is 9.18 Å². The molecule has 3 nitrogen and oxygen atoms in total. The third-order valence-electron chi connectivity index (χ3n) is 3.73. The summed E-state index contributed by atoms with van der Waals surface area (Å²) in [5, 5.41) is 0.873. The Balaban J connectivity index is 2.18. The number of hydrogen-bond acceptors (Lipinski definition) is 2. The van der Waals surface area contributed by atoms with Gasteiger partial charge in [-0.05, 0) is 43.9 Å². The molecule has 5 heteroatoms. The van der Waals surface area contributed by atoms with Crippen molar-refractivity contribution in [2.45, 2.75) is 31.7 Å². The van der Waals surface area contributed by atoms with E-state index in [0.29, 0.717) is 5.56 Å². The van der Waals surface area contributed by atoms with Crippen LogP contribution in [-0.4, -0.2) is 35.8 Å². The minimum absolute atomic E-state index is 0.0859. The van der Waals surface area contributed by atoms with Gasteiger partial charge in [0.1, 0.15) is 0 Å². The molecule has 20 heavy (non-hydrogen) atoms. The molecule has 1 fully saturated rings. The van der Waals surface area contributed by atoms with Gasteiger partial charge in [-0.25, -0.2) is 4.39 Å². The normalized spacial score (nSPS) is 18.9. The molecule has 1 unspecified atom stereocenters. The number of hydrogen-bond donors (Lipinski definition) is 0. The summed E-state index contributed by atoms with van der Waals surface area (Å²) in [6.07, 6.45) is 4.13. The second-order valence-corrected chi connectivity index (χ2v) is 5.77. The standard InChI is InChI=1S/C15H19BrFNO2/c1-20-14-6-5-11(10-13(14)17)15(19)18-9-3-2-4-12(18)7-8-16/h5-6,10,12H,2-4,7-9H2,1H3. The Labute approximate surface area is 127 Å². The third kappa shape index (κ3) is 3.32. The minimum atomic E-state index is -0.493. The van der Waals surface area contributed by atoms with Gasteiger partial charge in [0.05, 0.1) is 7.11 Å². The average Bonchev–Trinajstić information content (AvgIpc) is 2.47. The summed E-state index contributed by atoms with van der Waals surface area (Å²) in [5.41, 5.74) is 0.393.